The zero-order chi connectivity index (χ0) is 29.3. The van der Waals surface area contributed by atoms with Crippen molar-refractivity contribution in [2.45, 2.75) is 63.4 Å². The molecule has 0 amide bonds. The van der Waals surface area contributed by atoms with Gasteiger partial charge in [-0.1, -0.05) is 99.6 Å². The molecule has 1 fully saturated rings. The van der Waals surface area contributed by atoms with E-state index in [9.17, 15) is 9.59 Å². The SMILES string of the molecule is COC(=O)/C=C/[C@@H](C[C@@H]1OCCC[C@H]1O[Si](c1ccccc1)(c1ccccc1)C(C)(C)C)OC(=O)c1ccccc1. The molecule has 0 radical (unpaired) electrons. The van der Waals surface area contributed by atoms with Crippen LogP contribution in [0.2, 0.25) is 5.04 Å². The van der Waals surface area contributed by atoms with Gasteiger partial charge in [0.25, 0.3) is 8.32 Å². The Balaban J connectivity index is 1.68. The van der Waals surface area contributed by atoms with Crippen LogP contribution < -0.4 is 10.4 Å². The fraction of sp³-hybridized carbons (Fsp3) is 0.353. The number of carbonyl (C=O) groups is 2. The Labute approximate surface area is 244 Å². The van der Waals surface area contributed by atoms with Gasteiger partial charge in [-0.3, -0.25) is 0 Å². The molecular formula is C34H40O6Si. The number of rotatable bonds is 10. The van der Waals surface area contributed by atoms with Crippen LogP contribution in [-0.2, 0) is 23.4 Å². The number of hydrogen-bond acceptors (Lipinski definition) is 6. The van der Waals surface area contributed by atoms with Crippen LogP contribution in [0.4, 0.5) is 0 Å². The predicted octanol–water partition coefficient (Wildman–Crippen LogP) is 5.46. The lowest BCUT2D eigenvalue weighted by atomic mass is 10.00. The van der Waals surface area contributed by atoms with Crippen molar-refractivity contribution in [1.82, 2.24) is 0 Å². The highest BCUT2D eigenvalue weighted by molar-refractivity contribution is 6.99. The van der Waals surface area contributed by atoms with Gasteiger partial charge in [-0.15, -0.1) is 0 Å². The zero-order valence-electron chi connectivity index (χ0n) is 24.3. The Morgan fingerprint density at radius 1 is 0.927 bits per heavy atom. The van der Waals surface area contributed by atoms with Crippen molar-refractivity contribution < 1.29 is 28.2 Å². The molecule has 0 N–H and O–H groups in total. The van der Waals surface area contributed by atoms with Crippen molar-refractivity contribution in [2.75, 3.05) is 13.7 Å². The standard InChI is InChI=1S/C34H40O6Si/c1-34(2,3)41(28-17-10-6-11-18-28,29-19-12-7-13-20-29)40-30-21-14-24-38-31(30)25-27(22-23-32(35)37-4)39-33(36)26-15-8-5-9-16-26/h5-13,15-20,22-23,27,30-31H,14,21,24-25H2,1-4H3/b23-22+/t27-,30+,31-/m0/s1. The zero-order valence-corrected chi connectivity index (χ0v) is 25.3. The highest BCUT2D eigenvalue weighted by Gasteiger charge is 2.52. The molecule has 0 unspecified atom stereocenters. The summed E-state index contributed by atoms with van der Waals surface area (Å²) in [6.45, 7) is 7.34. The minimum absolute atomic E-state index is 0.193. The smallest absolute Gasteiger partial charge is 0.338 e. The topological polar surface area (TPSA) is 71.1 Å². The second-order valence-corrected chi connectivity index (χ2v) is 15.6. The average molecular weight is 573 g/mol. The minimum atomic E-state index is -2.84. The molecule has 3 atom stereocenters. The summed E-state index contributed by atoms with van der Waals surface area (Å²) in [6, 6.07) is 29.9. The second-order valence-electron chi connectivity index (χ2n) is 11.3. The third-order valence-electron chi connectivity index (χ3n) is 7.51. The molecule has 1 saturated heterocycles. The lowest BCUT2D eigenvalue weighted by Gasteiger charge is -2.47. The molecule has 1 aliphatic heterocycles. The number of esters is 2. The van der Waals surface area contributed by atoms with Crippen LogP contribution in [0.3, 0.4) is 0 Å². The lowest BCUT2D eigenvalue weighted by molar-refractivity contribution is -0.134. The molecule has 7 heteroatoms. The third kappa shape index (κ3) is 7.41. The van der Waals surface area contributed by atoms with Crippen LogP contribution in [-0.4, -0.2) is 52.3 Å². The van der Waals surface area contributed by atoms with Crippen molar-refractivity contribution in [1.29, 1.82) is 0 Å². The fourth-order valence-electron chi connectivity index (χ4n) is 5.51. The van der Waals surface area contributed by atoms with Crippen molar-refractivity contribution >= 4 is 30.6 Å². The van der Waals surface area contributed by atoms with Gasteiger partial charge in [0.2, 0.25) is 0 Å². The summed E-state index contributed by atoms with van der Waals surface area (Å²) in [5, 5.41) is 2.20. The molecule has 0 aromatic heterocycles. The number of methoxy groups -OCH3 is 1. The van der Waals surface area contributed by atoms with Gasteiger partial charge in [0.15, 0.2) is 0 Å². The maximum absolute atomic E-state index is 13.0. The molecule has 3 aromatic rings. The van der Waals surface area contributed by atoms with Gasteiger partial charge in [0, 0.05) is 19.1 Å². The maximum Gasteiger partial charge on any atom is 0.338 e. The predicted molar refractivity (Wildman–Crippen MR) is 163 cm³/mol. The van der Waals surface area contributed by atoms with Crippen molar-refractivity contribution in [3.05, 3.63) is 109 Å². The van der Waals surface area contributed by atoms with Crippen LogP contribution >= 0.6 is 0 Å². The summed E-state index contributed by atoms with van der Waals surface area (Å²) in [5.74, 6) is -0.985. The average Bonchev–Trinajstić information content (AvgIpc) is 2.99. The number of benzene rings is 3. The first kappa shape index (κ1) is 30.4. The molecule has 0 bridgehead atoms. The lowest BCUT2D eigenvalue weighted by Crippen LogP contribution is -2.68. The minimum Gasteiger partial charge on any atom is -0.466 e. The van der Waals surface area contributed by atoms with Crippen molar-refractivity contribution in [2.24, 2.45) is 0 Å². The van der Waals surface area contributed by atoms with E-state index >= 15 is 0 Å². The summed E-state index contributed by atoms with van der Waals surface area (Å²) in [5.41, 5.74) is 0.439. The molecule has 1 heterocycles. The summed E-state index contributed by atoms with van der Waals surface area (Å²) in [4.78, 5) is 24.9. The molecule has 3 aromatic carbocycles. The first-order valence-corrected chi connectivity index (χ1v) is 16.1. The number of carbonyl (C=O) groups excluding carboxylic acids is 2. The molecule has 41 heavy (non-hydrogen) atoms. The van der Waals surface area contributed by atoms with Gasteiger partial charge in [0.05, 0.1) is 24.9 Å². The van der Waals surface area contributed by atoms with Gasteiger partial charge in [0.1, 0.15) is 6.10 Å². The van der Waals surface area contributed by atoms with Crippen LogP contribution in [0.1, 0.15) is 50.4 Å². The Hall–Kier alpha value is -3.52. The molecule has 1 aliphatic rings. The first-order valence-electron chi connectivity index (χ1n) is 14.2. The Bertz CT molecular complexity index is 1250. The van der Waals surface area contributed by atoms with Crippen LogP contribution in [0.5, 0.6) is 0 Å². The highest BCUT2D eigenvalue weighted by atomic mass is 28.4. The monoisotopic (exact) mass is 572 g/mol. The van der Waals surface area contributed by atoms with Crippen LogP contribution in [0, 0.1) is 0 Å². The van der Waals surface area contributed by atoms with E-state index in [0.717, 1.165) is 12.8 Å². The van der Waals surface area contributed by atoms with Crippen molar-refractivity contribution in [3.8, 4) is 0 Å². The van der Waals surface area contributed by atoms with Gasteiger partial charge in [-0.25, -0.2) is 9.59 Å². The second kappa shape index (κ2) is 13.9. The molecular weight excluding hydrogens is 532 g/mol. The summed E-state index contributed by atoms with van der Waals surface area (Å²) >= 11 is 0. The van der Waals surface area contributed by atoms with Gasteiger partial charge in [-0.2, -0.15) is 0 Å². The molecule has 0 saturated carbocycles. The van der Waals surface area contributed by atoms with E-state index in [1.54, 1.807) is 30.3 Å². The van der Waals surface area contributed by atoms with E-state index in [1.165, 1.54) is 23.6 Å². The largest absolute Gasteiger partial charge is 0.466 e. The van der Waals surface area contributed by atoms with Crippen LogP contribution in [0.15, 0.2) is 103 Å². The maximum atomic E-state index is 13.0. The highest BCUT2D eigenvalue weighted by Crippen LogP contribution is 2.39. The number of hydrogen-bond donors (Lipinski definition) is 0. The van der Waals surface area contributed by atoms with E-state index in [1.807, 2.05) is 18.2 Å². The first-order chi connectivity index (χ1) is 19.7. The van der Waals surface area contributed by atoms with E-state index in [2.05, 4.69) is 69.3 Å². The molecule has 216 valence electrons. The summed E-state index contributed by atoms with van der Waals surface area (Å²) in [7, 11) is -1.52. The van der Waals surface area contributed by atoms with E-state index in [4.69, 9.17) is 18.6 Å². The van der Waals surface area contributed by atoms with Gasteiger partial charge >= 0.3 is 11.9 Å². The van der Waals surface area contributed by atoms with Gasteiger partial charge < -0.3 is 18.6 Å². The Kier molecular flexibility index (Phi) is 10.3. The summed E-state index contributed by atoms with van der Waals surface area (Å²) < 4.78 is 24.4. The van der Waals surface area contributed by atoms with Crippen LogP contribution in [0.25, 0.3) is 0 Å². The molecule has 6 nitrogen and oxygen atoms in total. The van der Waals surface area contributed by atoms with E-state index in [-0.39, 0.29) is 17.2 Å². The normalized spacial score (nSPS) is 18.5. The molecule has 0 aliphatic carbocycles. The Morgan fingerprint density at radius 3 is 2.02 bits per heavy atom. The van der Waals surface area contributed by atoms with Crippen molar-refractivity contribution in [3.63, 3.8) is 0 Å². The van der Waals surface area contributed by atoms with E-state index < -0.39 is 26.4 Å². The molecule has 0 spiro atoms. The third-order valence-corrected chi connectivity index (χ3v) is 12.6. The van der Waals surface area contributed by atoms with Gasteiger partial charge in [-0.05, 0) is 46.5 Å². The number of ether oxygens (including phenoxy) is 3. The Morgan fingerprint density at radius 2 is 1.49 bits per heavy atom. The molecule has 4 rings (SSSR count). The summed E-state index contributed by atoms with van der Waals surface area (Å²) in [6.07, 6.45) is 3.60. The fourth-order valence-corrected chi connectivity index (χ4v) is 10.3. The van der Waals surface area contributed by atoms with E-state index in [0.29, 0.717) is 18.6 Å². The quantitative estimate of drug-likeness (QED) is 0.183.